The van der Waals surface area contributed by atoms with E-state index < -0.39 is 39.8 Å². The van der Waals surface area contributed by atoms with Crippen LogP contribution in [0.15, 0.2) is 22.8 Å². The van der Waals surface area contributed by atoms with Gasteiger partial charge >= 0.3 is 5.97 Å². The van der Waals surface area contributed by atoms with E-state index in [1.807, 2.05) is 41.5 Å². The van der Waals surface area contributed by atoms with Crippen LogP contribution < -0.4 is 0 Å². The van der Waals surface area contributed by atoms with Gasteiger partial charge < -0.3 is 15.3 Å². The van der Waals surface area contributed by atoms with Gasteiger partial charge in [0.2, 0.25) is 0 Å². The van der Waals surface area contributed by atoms with Crippen LogP contribution in [-0.2, 0) is 19.2 Å². The zero-order chi connectivity index (χ0) is 27.9. The first-order valence-electron chi connectivity index (χ1n) is 13.6. The molecule has 0 aromatic heterocycles. The summed E-state index contributed by atoms with van der Waals surface area (Å²) in [5.74, 6) is -1.52. The quantitative estimate of drug-likeness (QED) is 0.472. The third-order valence-corrected chi connectivity index (χ3v) is 11.2. The van der Waals surface area contributed by atoms with Gasteiger partial charge in [0.15, 0.2) is 5.78 Å². The lowest BCUT2D eigenvalue weighted by Gasteiger charge is -2.60. The summed E-state index contributed by atoms with van der Waals surface area (Å²) < 4.78 is 0. The number of aliphatic hydroxyl groups is 2. The van der Waals surface area contributed by atoms with Gasteiger partial charge in [-0.1, -0.05) is 34.6 Å². The molecule has 0 saturated heterocycles. The van der Waals surface area contributed by atoms with Crippen molar-refractivity contribution in [1.29, 1.82) is 0 Å². The number of carbonyl (C=O) groups is 4. The number of rotatable bonds is 5. The third kappa shape index (κ3) is 3.75. The number of aliphatic hydroxyl groups excluding tert-OH is 2. The molecule has 0 bridgehead atoms. The molecular weight excluding hydrogens is 472 g/mol. The van der Waals surface area contributed by atoms with Crippen molar-refractivity contribution in [1.82, 2.24) is 0 Å². The van der Waals surface area contributed by atoms with E-state index in [1.54, 1.807) is 0 Å². The Morgan fingerprint density at radius 3 is 2.32 bits per heavy atom. The van der Waals surface area contributed by atoms with Crippen LogP contribution in [-0.4, -0.2) is 50.8 Å². The molecule has 0 aromatic rings. The van der Waals surface area contributed by atoms with E-state index in [1.165, 1.54) is 13.0 Å². The second kappa shape index (κ2) is 8.70. The predicted octanol–water partition coefficient (Wildman–Crippen LogP) is 4.05. The fraction of sp³-hybridized carbons (Fsp3) is 0.733. The highest BCUT2D eigenvalue weighted by Crippen LogP contribution is 2.70. The van der Waals surface area contributed by atoms with Gasteiger partial charge in [0, 0.05) is 41.2 Å². The molecule has 4 rings (SSSR count). The number of hydrogen-bond acceptors (Lipinski definition) is 6. The maximum absolute atomic E-state index is 14.0. The van der Waals surface area contributed by atoms with Crippen molar-refractivity contribution in [2.45, 2.75) is 99.2 Å². The molecule has 2 fully saturated rings. The first-order chi connectivity index (χ1) is 16.9. The zero-order valence-corrected chi connectivity index (χ0v) is 23.2. The Morgan fingerprint density at radius 2 is 1.73 bits per heavy atom. The van der Waals surface area contributed by atoms with Gasteiger partial charge in [0.1, 0.15) is 11.6 Å². The number of carboxylic acids is 1. The molecule has 3 N–H and O–H groups in total. The first kappa shape index (κ1) is 27.9. The van der Waals surface area contributed by atoms with Gasteiger partial charge in [0.05, 0.1) is 17.6 Å². The summed E-state index contributed by atoms with van der Waals surface area (Å²) in [5, 5.41) is 31.3. The maximum Gasteiger partial charge on any atom is 0.331 e. The van der Waals surface area contributed by atoms with Gasteiger partial charge in [-0.25, -0.2) is 4.79 Å². The Balaban J connectivity index is 1.77. The van der Waals surface area contributed by atoms with Crippen LogP contribution in [0.1, 0.15) is 87.0 Å². The molecule has 0 aromatic carbocycles. The second-order valence-corrected chi connectivity index (χ2v) is 13.5. The Hall–Kier alpha value is -2.12. The summed E-state index contributed by atoms with van der Waals surface area (Å²) in [5.41, 5.74) is -1.80. The van der Waals surface area contributed by atoms with Gasteiger partial charge in [0.25, 0.3) is 0 Å². The van der Waals surface area contributed by atoms with Crippen LogP contribution in [0.3, 0.4) is 0 Å². The lowest BCUT2D eigenvalue weighted by molar-refractivity contribution is -0.146. The molecule has 7 heteroatoms. The standard InChI is InChI=1S/C30H42O7/c1-15(10-17(31)11-16(2)26(36)37)18-12-23(35)30(7)25-19(32)13-21-27(3,4)22(34)8-9-28(21,5)24(25)20(33)14-29(18,30)6/h11,15,17-19,21,31-32H,8-10,12-14H2,1-7H3,(H,36,37)/t15-,17+,18-,19+,21?,28+,29-,30+/m1/s1. The van der Waals surface area contributed by atoms with E-state index >= 15 is 0 Å². The Kier molecular flexibility index (Phi) is 6.56. The fourth-order valence-electron chi connectivity index (χ4n) is 8.89. The molecule has 8 atom stereocenters. The van der Waals surface area contributed by atoms with Crippen molar-refractivity contribution >= 4 is 23.3 Å². The maximum atomic E-state index is 14.0. The van der Waals surface area contributed by atoms with Crippen molar-refractivity contribution in [3.63, 3.8) is 0 Å². The van der Waals surface area contributed by atoms with Crippen LogP contribution in [0.25, 0.3) is 0 Å². The number of allylic oxidation sites excluding steroid dienone is 1. The van der Waals surface area contributed by atoms with Crippen LogP contribution in [0.2, 0.25) is 0 Å². The highest BCUT2D eigenvalue weighted by atomic mass is 16.4. The molecule has 37 heavy (non-hydrogen) atoms. The first-order valence-corrected chi connectivity index (χ1v) is 13.6. The van der Waals surface area contributed by atoms with Crippen molar-refractivity contribution in [3.05, 3.63) is 22.8 Å². The van der Waals surface area contributed by atoms with E-state index in [0.717, 1.165) is 0 Å². The minimum atomic E-state index is -1.09. The minimum Gasteiger partial charge on any atom is -0.478 e. The normalized spacial score (nSPS) is 41.2. The monoisotopic (exact) mass is 514 g/mol. The summed E-state index contributed by atoms with van der Waals surface area (Å²) in [6, 6.07) is 0. The number of hydrogen-bond donors (Lipinski definition) is 3. The molecule has 0 spiro atoms. The summed E-state index contributed by atoms with van der Waals surface area (Å²) in [4.78, 5) is 51.9. The Morgan fingerprint density at radius 1 is 1.11 bits per heavy atom. The number of carbonyl (C=O) groups excluding carboxylic acids is 3. The van der Waals surface area contributed by atoms with Crippen LogP contribution in [0, 0.1) is 39.4 Å². The third-order valence-electron chi connectivity index (χ3n) is 11.2. The van der Waals surface area contributed by atoms with Crippen molar-refractivity contribution in [3.8, 4) is 0 Å². The average molecular weight is 515 g/mol. The van der Waals surface area contributed by atoms with E-state index in [9.17, 15) is 29.4 Å². The number of fused-ring (bicyclic) bond motifs is 4. The lowest BCUT2D eigenvalue weighted by atomic mass is 9.42. The summed E-state index contributed by atoms with van der Waals surface area (Å²) >= 11 is 0. The Labute approximate surface area is 219 Å². The largest absolute Gasteiger partial charge is 0.478 e. The van der Waals surface area contributed by atoms with Gasteiger partial charge in [-0.2, -0.15) is 0 Å². The van der Waals surface area contributed by atoms with E-state index in [4.69, 9.17) is 5.11 Å². The van der Waals surface area contributed by atoms with E-state index in [2.05, 4.69) is 0 Å². The molecule has 1 unspecified atom stereocenters. The zero-order valence-electron chi connectivity index (χ0n) is 23.2. The molecule has 0 aliphatic heterocycles. The molecule has 204 valence electrons. The fourth-order valence-corrected chi connectivity index (χ4v) is 8.89. The van der Waals surface area contributed by atoms with Crippen molar-refractivity contribution in [2.75, 3.05) is 0 Å². The molecule has 7 nitrogen and oxygen atoms in total. The summed E-state index contributed by atoms with van der Waals surface area (Å²) in [6.45, 7) is 13.1. The molecular formula is C30H42O7. The molecule has 0 heterocycles. The highest BCUT2D eigenvalue weighted by Gasteiger charge is 2.70. The Bertz CT molecular complexity index is 1130. The molecule has 4 aliphatic rings. The van der Waals surface area contributed by atoms with Gasteiger partial charge in [-0.05, 0) is 67.9 Å². The SMILES string of the molecule is CC(=C[C@@H](O)C[C@@H](C)[C@H]1CC(=O)[C@@]2(C)C3=C(C(=O)C[C@]12C)[C@@]1(C)CCC(=O)C(C)(C)C1C[C@@H]3O)C(=O)O. The van der Waals surface area contributed by atoms with Crippen LogP contribution in [0.5, 0.6) is 0 Å². The van der Waals surface area contributed by atoms with Gasteiger partial charge in [-0.15, -0.1) is 0 Å². The summed E-state index contributed by atoms with van der Waals surface area (Å²) in [7, 11) is 0. The number of aliphatic carboxylic acids is 1. The van der Waals surface area contributed by atoms with Crippen LogP contribution in [0.4, 0.5) is 0 Å². The lowest BCUT2D eigenvalue weighted by Crippen LogP contribution is -2.60. The molecule has 4 aliphatic carbocycles. The highest BCUT2D eigenvalue weighted by molar-refractivity contribution is 6.05. The number of Topliss-reactive ketones (excluding diaryl/α,β-unsaturated/α-hetero) is 3. The minimum absolute atomic E-state index is 0.00541. The van der Waals surface area contributed by atoms with Crippen molar-refractivity contribution < 1.29 is 34.5 Å². The van der Waals surface area contributed by atoms with Crippen LogP contribution >= 0.6 is 0 Å². The molecule has 0 amide bonds. The van der Waals surface area contributed by atoms with E-state index in [0.29, 0.717) is 30.4 Å². The van der Waals surface area contributed by atoms with Crippen molar-refractivity contribution in [2.24, 2.45) is 39.4 Å². The molecule has 2 saturated carbocycles. The second-order valence-electron chi connectivity index (χ2n) is 13.5. The number of ketones is 3. The van der Waals surface area contributed by atoms with E-state index in [-0.39, 0.29) is 59.9 Å². The topological polar surface area (TPSA) is 129 Å². The number of carboxylic acid groups (broad SMARTS) is 1. The smallest absolute Gasteiger partial charge is 0.331 e. The summed E-state index contributed by atoms with van der Waals surface area (Å²) in [6.07, 6.45) is 1.32. The molecule has 0 radical (unpaired) electrons. The predicted molar refractivity (Wildman–Crippen MR) is 137 cm³/mol. The van der Waals surface area contributed by atoms with Gasteiger partial charge in [-0.3, -0.25) is 14.4 Å². The average Bonchev–Trinajstić information content (AvgIpc) is 2.99.